The Kier molecular flexibility index (Phi) is 3.51. The van der Waals surface area contributed by atoms with Crippen LogP contribution in [0.5, 0.6) is 11.5 Å². The van der Waals surface area contributed by atoms with Crippen LogP contribution >= 0.6 is 0 Å². The third-order valence-electron chi connectivity index (χ3n) is 4.84. The predicted octanol–water partition coefficient (Wildman–Crippen LogP) is 3.30. The summed E-state index contributed by atoms with van der Waals surface area (Å²) in [5.74, 6) is 3.06. The van der Waals surface area contributed by atoms with E-state index >= 15 is 0 Å². The maximum absolute atomic E-state index is 5.97. The van der Waals surface area contributed by atoms with Gasteiger partial charge in [0.1, 0.15) is 11.5 Å². The molecule has 2 heterocycles. The first-order chi connectivity index (χ1) is 10.8. The summed E-state index contributed by atoms with van der Waals surface area (Å²) in [5.41, 5.74) is 2.73. The number of ether oxygens (including phenoxy) is 2. The van der Waals surface area contributed by atoms with Gasteiger partial charge in [0.15, 0.2) is 0 Å². The van der Waals surface area contributed by atoms with Crippen LogP contribution < -0.4 is 9.47 Å². The number of hydrogen-bond acceptors (Lipinski definition) is 3. The highest BCUT2D eigenvalue weighted by Gasteiger charge is 2.38. The maximum Gasteiger partial charge on any atom is 0.126 e. The van der Waals surface area contributed by atoms with Gasteiger partial charge in [0.05, 0.1) is 13.7 Å². The van der Waals surface area contributed by atoms with Crippen LogP contribution in [-0.4, -0.2) is 31.7 Å². The number of likely N-dealkylation sites (tertiary alicyclic amines) is 1. The molecular weight excluding hydrogens is 274 g/mol. The van der Waals surface area contributed by atoms with Crippen LogP contribution in [0, 0.1) is 5.92 Å². The van der Waals surface area contributed by atoms with Gasteiger partial charge in [-0.05, 0) is 17.2 Å². The van der Waals surface area contributed by atoms with Crippen molar-refractivity contribution in [1.29, 1.82) is 0 Å². The second kappa shape index (κ2) is 5.65. The Morgan fingerprint density at radius 1 is 1.14 bits per heavy atom. The van der Waals surface area contributed by atoms with Crippen LogP contribution in [0.25, 0.3) is 0 Å². The number of fused-ring (bicyclic) bond motifs is 3. The van der Waals surface area contributed by atoms with E-state index in [2.05, 4.69) is 41.3 Å². The molecule has 2 aliphatic rings. The van der Waals surface area contributed by atoms with Crippen molar-refractivity contribution in [3.05, 3.63) is 59.7 Å². The Labute approximate surface area is 131 Å². The molecule has 3 heteroatoms. The first-order valence-electron chi connectivity index (χ1n) is 7.90. The molecule has 2 atom stereocenters. The zero-order valence-electron chi connectivity index (χ0n) is 12.9. The highest BCUT2D eigenvalue weighted by Crippen LogP contribution is 2.43. The second-order valence-corrected chi connectivity index (χ2v) is 6.26. The van der Waals surface area contributed by atoms with Gasteiger partial charge in [0, 0.05) is 37.5 Å². The lowest BCUT2D eigenvalue weighted by molar-refractivity contribution is 0.211. The van der Waals surface area contributed by atoms with Crippen LogP contribution in [0.3, 0.4) is 0 Å². The molecule has 1 fully saturated rings. The summed E-state index contributed by atoms with van der Waals surface area (Å²) < 4.78 is 11.3. The van der Waals surface area contributed by atoms with Crippen LogP contribution in [0.4, 0.5) is 0 Å². The molecule has 0 spiro atoms. The number of methoxy groups -OCH3 is 1. The van der Waals surface area contributed by atoms with Gasteiger partial charge in [-0.1, -0.05) is 36.4 Å². The zero-order chi connectivity index (χ0) is 14.9. The fourth-order valence-electron chi connectivity index (χ4n) is 3.72. The molecule has 0 amide bonds. The van der Waals surface area contributed by atoms with Gasteiger partial charge in [0.2, 0.25) is 0 Å². The summed E-state index contributed by atoms with van der Waals surface area (Å²) in [6.07, 6.45) is 0. The number of nitrogens with zero attached hydrogens (tertiary/aromatic N) is 1. The summed E-state index contributed by atoms with van der Waals surface area (Å²) in [5, 5.41) is 0. The predicted molar refractivity (Wildman–Crippen MR) is 86.4 cm³/mol. The molecule has 22 heavy (non-hydrogen) atoms. The molecule has 3 nitrogen and oxygen atoms in total. The fraction of sp³-hybridized carbons (Fsp3) is 0.368. The molecule has 2 aliphatic heterocycles. The quantitative estimate of drug-likeness (QED) is 0.867. The average Bonchev–Trinajstić information content (AvgIpc) is 2.98. The largest absolute Gasteiger partial charge is 0.497 e. The monoisotopic (exact) mass is 295 g/mol. The van der Waals surface area contributed by atoms with E-state index in [0.717, 1.165) is 37.7 Å². The topological polar surface area (TPSA) is 21.7 Å². The highest BCUT2D eigenvalue weighted by molar-refractivity contribution is 5.45. The van der Waals surface area contributed by atoms with E-state index in [-0.39, 0.29) is 0 Å². The summed E-state index contributed by atoms with van der Waals surface area (Å²) in [7, 11) is 1.70. The SMILES string of the molecule is COc1ccc2c(c1)OC[C@@H]1CN(Cc3ccccc3)C[C@@H]21. The van der Waals surface area contributed by atoms with Crippen LogP contribution in [0.1, 0.15) is 17.0 Å². The third kappa shape index (κ3) is 2.46. The minimum Gasteiger partial charge on any atom is -0.497 e. The molecule has 0 aliphatic carbocycles. The van der Waals surface area contributed by atoms with Gasteiger partial charge in [-0.15, -0.1) is 0 Å². The highest BCUT2D eigenvalue weighted by atomic mass is 16.5. The van der Waals surface area contributed by atoms with Crippen molar-refractivity contribution in [2.75, 3.05) is 26.8 Å². The van der Waals surface area contributed by atoms with Crippen LogP contribution in [-0.2, 0) is 6.54 Å². The van der Waals surface area contributed by atoms with Crippen LogP contribution in [0.15, 0.2) is 48.5 Å². The molecule has 1 saturated heterocycles. The fourth-order valence-corrected chi connectivity index (χ4v) is 3.72. The van der Waals surface area contributed by atoms with E-state index in [1.165, 1.54) is 11.1 Å². The molecule has 4 rings (SSSR count). The van der Waals surface area contributed by atoms with Crippen molar-refractivity contribution < 1.29 is 9.47 Å². The Morgan fingerprint density at radius 2 is 2.00 bits per heavy atom. The van der Waals surface area contributed by atoms with Gasteiger partial charge in [0.25, 0.3) is 0 Å². The zero-order valence-corrected chi connectivity index (χ0v) is 12.9. The van der Waals surface area contributed by atoms with E-state index in [1.54, 1.807) is 7.11 Å². The molecular formula is C19H21NO2. The number of benzene rings is 2. The lowest BCUT2D eigenvalue weighted by atomic mass is 9.87. The van der Waals surface area contributed by atoms with E-state index in [9.17, 15) is 0 Å². The summed E-state index contributed by atoms with van der Waals surface area (Å²) >= 11 is 0. The molecule has 2 aromatic rings. The third-order valence-corrected chi connectivity index (χ3v) is 4.84. The van der Waals surface area contributed by atoms with Crippen molar-refractivity contribution in [3.63, 3.8) is 0 Å². The van der Waals surface area contributed by atoms with Gasteiger partial charge in [-0.2, -0.15) is 0 Å². The van der Waals surface area contributed by atoms with E-state index in [4.69, 9.17) is 9.47 Å². The first kappa shape index (κ1) is 13.6. The molecule has 0 radical (unpaired) electrons. The molecule has 0 saturated carbocycles. The molecule has 0 unspecified atom stereocenters. The Hall–Kier alpha value is -2.00. The van der Waals surface area contributed by atoms with E-state index in [1.807, 2.05) is 12.1 Å². The first-order valence-corrected chi connectivity index (χ1v) is 7.90. The molecule has 114 valence electrons. The standard InChI is InChI=1S/C19H21NO2/c1-21-16-7-8-17-18-12-20(10-14-5-3-2-4-6-14)11-15(18)13-22-19(17)9-16/h2-9,15,18H,10-13H2,1H3/t15-,18+/m0/s1. The normalized spacial score (nSPS) is 23.5. The molecule has 0 bridgehead atoms. The average molecular weight is 295 g/mol. The summed E-state index contributed by atoms with van der Waals surface area (Å²) in [6.45, 7) is 4.07. The van der Waals surface area contributed by atoms with Crippen LogP contribution in [0.2, 0.25) is 0 Å². The Morgan fingerprint density at radius 3 is 2.82 bits per heavy atom. The van der Waals surface area contributed by atoms with E-state index in [0.29, 0.717) is 11.8 Å². The minimum absolute atomic E-state index is 0.582. The Bertz CT molecular complexity index is 656. The molecule has 2 aromatic carbocycles. The van der Waals surface area contributed by atoms with E-state index < -0.39 is 0 Å². The summed E-state index contributed by atoms with van der Waals surface area (Å²) in [6, 6.07) is 17.0. The van der Waals surface area contributed by atoms with Gasteiger partial charge in [-0.25, -0.2) is 0 Å². The van der Waals surface area contributed by atoms with Crippen molar-refractivity contribution in [2.45, 2.75) is 12.5 Å². The minimum atomic E-state index is 0.582. The molecule has 0 aromatic heterocycles. The lowest BCUT2D eigenvalue weighted by Crippen LogP contribution is -2.25. The van der Waals surface area contributed by atoms with Gasteiger partial charge in [-0.3, -0.25) is 4.90 Å². The Balaban J connectivity index is 1.53. The van der Waals surface area contributed by atoms with Crippen molar-refractivity contribution >= 4 is 0 Å². The van der Waals surface area contributed by atoms with Gasteiger partial charge >= 0.3 is 0 Å². The molecule has 0 N–H and O–H groups in total. The second-order valence-electron chi connectivity index (χ2n) is 6.26. The van der Waals surface area contributed by atoms with Gasteiger partial charge < -0.3 is 9.47 Å². The van der Waals surface area contributed by atoms with Crippen molar-refractivity contribution in [2.24, 2.45) is 5.92 Å². The van der Waals surface area contributed by atoms with Crippen molar-refractivity contribution in [3.8, 4) is 11.5 Å². The lowest BCUT2D eigenvalue weighted by Gasteiger charge is -2.28. The summed E-state index contributed by atoms with van der Waals surface area (Å²) in [4.78, 5) is 2.55. The number of hydrogen-bond donors (Lipinski definition) is 0. The van der Waals surface area contributed by atoms with Crippen molar-refractivity contribution in [1.82, 2.24) is 4.90 Å². The number of rotatable bonds is 3. The smallest absolute Gasteiger partial charge is 0.126 e. The maximum atomic E-state index is 5.97.